The first-order valence-electron chi connectivity index (χ1n) is 9.62. The maximum Gasteiger partial charge on any atom is 0.416 e. The number of nitrogens with one attached hydrogen (secondary N) is 2. The van der Waals surface area contributed by atoms with E-state index in [1.54, 1.807) is 13.0 Å². The van der Waals surface area contributed by atoms with Crippen LogP contribution in [0.3, 0.4) is 0 Å². The molecule has 2 fully saturated rings. The molecule has 4 rings (SSSR count). The van der Waals surface area contributed by atoms with Crippen molar-refractivity contribution in [2.75, 3.05) is 6.61 Å². The fraction of sp³-hybridized carbons (Fsp3) is 0.364. The van der Waals surface area contributed by atoms with E-state index in [9.17, 15) is 22.8 Å². The van der Waals surface area contributed by atoms with E-state index in [-0.39, 0.29) is 12.5 Å². The van der Waals surface area contributed by atoms with Crippen molar-refractivity contribution in [1.82, 2.24) is 10.6 Å². The van der Waals surface area contributed by atoms with Gasteiger partial charge in [-0.05, 0) is 43.0 Å². The fourth-order valence-corrected chi connectivity index (χ4v) is 4.41. The molecular weight excluding hydrogens is 397 g/mol. The molecule has 3 amide bonds. The Labute approximate surface area is 171 Å². The van der Waals surface area contributed by atoms with E-state index < -0.39 is 34.8 Å². The second-order valence-electron chi connectivity index (χ2n) is 8.07. The molecule has 1 spiro atoms. The van der Waals surface area contributed by atoms with Gasteiger partial charge in [0.25, 0.3) is 5.91 Å². The number of halogens is 3. The summed E-state index contributed by atoms with van der Waals surface area (Å²) in [6, 6.07) is 14.1. The molecule has 0 aromatic heterocycles. The Morgan fingerprint density at radius 1 is 1.07 bits per heavy atom. The highest BCUT2D eigenvalue weighted by Crippen LogP contribution is 2.52. The van der Waals surface area contributed by atoms with Crippen molar-refractivity contribution in [3.63, 3.8) is 0 Å². The number of imide groups is 1. The third-order valence-corrected chi connectivity index (χ3v) is 5.97. The Morgan fingerprint density at radius 3 is 2.37 bits per heavy atom. The lowest BCUT2D eigenvalue weighted by Gasteiger charge is -2.53. The molecule has 1 atom stereocenters. The van der Waals surface area contributed by atoms with E-state index in [4.69, 9.17) is 4.74 Å². The number of alkyl halides is 3. The first-order valence-corrected chi connectivity index (χ1v) is 9.62. The van der Waals surface area contributed by atoms with E-state index in [0.717, 1.165) is 17.7 Å². The van der Waals surface area contributed by atoms with Crippen LogP contribution >= 0.6 is 0 Å². The molecular formula is C22H21F3N2O3. The number of ether oxygens (including phenoxy) is 1. The fourth-order valence-electron chi connectivity index (χ4n) is 4.41. The normalized spacial score (nSPS) is 26.8. The number of benzene rings is 2. The Bertz CT molecular complexity index is 969. The maximum absolute atomic E-state index is 13.0. The molecule has 2 aromatic rings. The predicted octanol–water partition coefficient (Wildman–Crippen LogP) is 4.09. The number of hydrogen-bond donors (Lipinski definition) is 2. The van der Waals surface area contributed by atoms with Gasteiger partial charge in [0.05, 0.1) is 18.3 Å². The smallest absolute Gasteiger partial charge is 0.373 e. The van der Waals surface area contributed by atoms with Gasteiger partial charge in [0, 0.05) is 5.41 Å². The van der Waals surface area contributed by atoms with Crippen molar-refractivity contribution in [3.05, 3.63) is 71.3 Å². The SMILES string of the molecule is C[C@@H](OCC1(c2ccccc2)CC2(C1)NC(=O)NC2=O)c1cccc(C(F)(F)F)c1. The molecule has 2 N–H and O–H groups in total. The van der Waals surface area contributed by atoms with Gasteiger partial charge >= 0.3 is 12.2 Å². The first-order chi connectivity index (χ1) is 14.1. The van der Waals surface area contributed by atoms with Crippen LogP contribution in [-0.2, 0) is 21.1 Å². The minimum atomic E-state index is -4.42. The zero-order valence-electron chi connectivity index (χ0n) is 16.3. The van der Waals surface area contributed by atoms with Crippen LogP contribution in [-0.4, -0.2) is 24.1 Å². The average Bonchev–Trinajstić information content (AvgIpc) is 2.98. The number of urea groups is 1. The van der Waals surface area contributed by atoms with E-state index in [2.05, 4.69) is 10.6 Å². The molecule has 0 bridgehead atoms. The van der Waals surface area contributed by atoms with E-state index in [0.29, 0.717) is 18.4 Å². The molecule has 8 heteroatoms. The summed E-state index contributed by atoms with van der Waals surface area (Å²) in [4.78, 5) is 23.9. The van der Waals surface area contributed by atoms with Crippen LogP contribution in [0.5, 0.6) is 0 Å². The molecule has 30 heavy (non-hydrogen) atoms. The molecule has 158 valence electrons. The summed E-state index contributed by atoms with van der Waals surface area (Å²) in [5.41, 5.74) is -0.821. The zero-order valence-corrected chi connectivity index (χ0v) is 16.3. The van der Waals surface area contributed by atoms with E-state index in [1.165, 1.54) is 6.07 Å². The lowest BCUT2D eigenvalue weighted by molar-refractivity contribution is -0.137. The second-order valence-corrected chi connectivity index (χ2v) is 8.07. The van der Waals surface area contributed by atoms with Crippen molar-refractivity contribution < 1.29 is 27.5 Å². The number of carbonyl (C=O) groups is 2. The number of carbonyl (C=O) groups excluding carboxylic acids is 2. The Balaban J connectivity index is 1.53. The molecule has 2 aliphatic rings. The van der Waals surface area contributed by atoms with Gasteiger partial charge in [-0.25, -0.2) is 4.79 Å². The van der Waals surface area contributed by atoms with Gasteiger partial charge in [-0.1, -0.05) is 42.5 Å². The minimum Gasteiger partial charge on any atom is -0.373 e. The first kappa shape index (κ1) is 20.4. The van der Waals surface area contributed by atoms with Gasteiger partial charge in [0.15, 0.2) is 0 Å². The van der Waals surface area contributed by atoms with Crippen LogP contribution < -0.4 is 10.6 Å². The van der Waals surface area contributed by atoms with Crippen molar-refractivity contribution in [2.45, 2.75) is 43.0 Å². The Kier molecular flexibility index (Phi) is 4.85. The van der Waals surface area contributed by atoms with E-state index in [1.807, 2.05) is 30.3 Å². The van der Waals surface area contributed by atoms with Crippen LogP contribution in [0.2, 0.25) is 0 Å². The van der Waals surface area contributed by atoms with Gasteiger partial charge in [0.1, 0.15) is 5.54 Å². The third kappa shape index (κ3) is 3.56. The second kappa shape index (κ2) is 7.12. The highest BCUT2D eigenvalue weighted by atomic mass is 19.4. The molecule has 1 saturated carbocycles. The quantitative estimate of drug-likeness (QED) is 0.719. The molecule has 2 aromatic carbocycles. The summed E-state index contributed by atoms with van der Waals surface area (Å²) in [6.45, 7) is 1.91. The molecule has 1 heterocycles. The summed E-state index contributed by atoms with van der Waals surface area (Å²) in [7, 11) is 0. The minimum absolute atomic E-state index is 0.208. The average molecular weight is 418 g/mol. The Morgan fingerprint density at radius 2 is 1.77 bits per heavy atom. The lowest BCUT2D eigenvalue weighted by atomic mass is 9.54. The third-order valence-electron chi connectivity index (χ3n) is 5.97. The zero-order chi connectivity index (χ0) is 21.6. The van der Waals surface area contributed by atoms with Crippen molar-refractivity contribution in [3.8, 4) is 0 Å². The largest absolute Gasteiger partial charge is 0.416 e. The highest BCUT2D eigenvalue weighted by Gasteiger charge is 2.63. The van der Waals surface area contributed by atoms with Crippen LogP contribution in [0.25, 0.3) is 0 Å². The molecule has 1 aliphatic heterocycles. The predicted molar refractivity (Wildman–Crippen MR) is 103 cm³/mol. The molecule has 0 radical (unpaired) electrons. The molecule has 5 nitrogen and oxygen atoms in total. The maximum atomic E-state index is 13.0. The van der Waals surface area contributed by atoms with Crippen LogP contribution in [0.4, 0.5) is 18.0 Å². The highest BCUT2D eigenvalue weighted by molar-refractivity contribution is 6.08. The lowest BCUT2D eigenvalue weighted by Crippen LogP contribution is -2.65. The summed E-state index contributed by atoms with van der Waals surface area (Å²) in [5, 5.41) is 4.98. The standard InChI is InChI=1S/C22H21F3N2O3/c1-14(15-6-5-9-17(10-15)22(23,24)25)30-13-20(16-7-3-2-4-8-16)11-21(12-20)18(28)26-19(29)27-21/h2-10,14H,11-13H2,1H3,(H2,26,27,28,29)/t14-,20?,21?/m1/s1. The van der Waals surface area contributed by atoms with Crippen molar-refractivity contribution in [2.24, 2.45) is 0 Å². The van der Waals surface area contributed by atoms with Gasteiger partial charge in [0.2, 0.25) is 0 Å². The van der Waals surface area contributed by atoms with E-state index >= 15 is 0 Å². The number of amides is 3. The van der Waals surface area contributed by atoms with Crippen LogP contribution in [0.1, 0.15) is 42.6 Å². The van der Waals surface area contributed by atoms with Crippen LogP contribution in [0.15, 0.2) is 54.6 Å². The van der Waals surface area contributed by atoms with Gasteiger partial charge in [-0.2, -0.15) is 13.2 Å². The van der Waals surface area contributed by atoms with Gasteiger partial charge in [-0.3, -0.25) is 10.1 Å². The monoisotopic (exact) mass is 418 g/mol. The summed E-state index contributed by atoms with van der Waals surface area (Å²) >= 11 is 0. The summed E-state index contributed by atoms with van der Waals surface area (Å²) < 4.78 is 45.1. The van der Waals surface area contributed by atoms with Gasteiger partial charge < -0.3 is 10.1 Å². The topological polar surface area (TPSA) is 67.4 Å². The number of rotatable bonds is 5. The molecule has 0 unspecified atom stereocenters. The Hall–Kier alpha value is -2.87. The number of hydrogen-bond acceptors (Lipinski definition) is 3. The summed E-state index contributed by atoms with van der Waals surface area (Å²) in [5.74, 6) is -0.356. The molecule has 1 aliphatic carbocycles. The van der Waals surface area contributed by atoms with Gasteiger partial charge in [-0.15, -0.1) is 0 Å². The molecule has 1 saturated heterocycles. The van der Waals surface area contributed by atoms with Crippen molar-refractivity contribution >= 4 is 11.9 Å². The van der Waals surface area contributed by atoms with Crippen LogP contribution in [0, 0.1) is 0 Å². The van der Waals surface area contributed by atoms with Crippen molar-refractivity contribution in [1.29, 1.82) is 0 Å². The summed E-state index contributed by atoms with van der Waals surface area (Å²) in [6.07, 6.45) is -4.28.